The number of halogens is 1. The predicted octanol–water partition coefficient (Wildman–Crippen LogP) is 3.79. The fourth-order valence-corrected chi connectivity index (χ4v) is 3.51. The van der Waals surface area contributed by atoms with Crippen molar-refractivity contribution in [1.82, 2.24) is 19.9 Å². The van der Waals surface area contributed by atoms with Gasteiger partial charge in [0.15, 0.2) is 0 Å². The average Bonchev–Trinajstić information content (AvgIpc) is 3.24. The maximum Gasteiger partial charge on any atom is 0.143 e. The zero-order chi connectivity index (χ0) is 16.4. The Morgan fingerprint density at radius 1 is 1.21 bits per heavy atom. The highest BCUT2D eigenvalue weighted by atomic mass is 35.5. The standard InChI is InChI=1S/C18H20ClN5/c19-14-5-3-4-13(10-14)15-11-21-18-16(15)17(22-12-23-18)20-6-9-24-7-1-2-8-24/h3-5,10-12H,1-2,6-9H2,(H2,20,21,22,23). The molecule has 0 spiro atoms. The molecule has 0 unspecified atom stereocenters. The van der Waals surface area contributed by atoms with Crippen LogP contribution < -0.4 is 5.32 Å². The van der Waals surface area contributed by atoms with Gasteiger partial charge in [-0.1, -0.05) is 23.7 Å². The number of nitrogens with zero attached hydrogens (tertiary/aromatic N) is 3. The van der Waals surface area contributed by atoms with Gasteiger partial charge in [-0.25, -0.2) is 9.97 Å². The summed E-state index contributed by atoms with van der Waals surface area (Å²) in [4.78, 5) is 14.5. The molecule has 1 saturated heterocycles. The summed E-state index contributed by atoms with van der Waals surface area (Å²) >= 11 is 6.15. The molecule has 0 amide bonds. The van der Waals surface area contributed by atoms with Crippen LogP contribution in [0.5, 0.6) is 0 Å². The minimum atomic E-state index is 0.724. The van der Waals surface area contributed by atoms with Gasteiger partial charge < -0.3 is 15.2 Å². The minimum Gasteiger partial charge on any atom is -0.368 e. The molecule has 0 aliphatic carbocycles. The van der Waals surface area contributed by atoms with E-state index in [1.807, 2.05) is 24.4 Å². The summed E-state index contributed by atoms with van der Waals surface area (Å²) in [7, 11) is 0. The van der Waals surface area contributed by atoms with Crippen molar-refractivity contribution in [2.45, 2.75) is 12.8 Å². The van der Waals surface area contributed by atoms with Crippen LogP contribution in [0.1, 0.15) is 12.8 Å². The number of H-pyrrole nitrogens is 1. The van der Waals surface area contributed by atoms with Crippen molar-refractivity contribution in [1.29, 1.82) is 0 Å². The first-order valence-electron chi connectivity index (χ1n) is 8.35. The number of anilines is 1. The normalized spacial score (nSPS) is 15.2. The monoisotopic (exact) mass is 341 g/mol. The van der Waals surface area contributed by atoms with Gasteiger partial charge in [-0.15, -0.1) is 0 Å². The molecule has 3 heterocycles. The lowest BCUT2D eigenvalue weighted by molar-refractivity contribution is 0.352. The van der Waals surface area contributed by atoms with Gasteiger partial charge >= 0.3 is 0 Å². The number of likely N-dealkylation sites (tertiary alicyclic amines) is 1. The summed E-state index contributed by atoms with van der Waals surface area (Å²) < 4.78 is 0. The second-order valence-corrected chi connectivity index (χ2v) is 6.57. The maximum absolute atomic E-state index is 6.15. The first kappa shape index (κ1) is 15.4. The van der Waals surface area contributed by atoms with Crippen LogP contribution in [-0.2, 0) is 0 Å². The average molecular weight is 342 g/mol. The van der Waals surface area contributed by atoms with E-state index in [-0.39, 0.29) is 0 Å². The number of benzene rings is 1. The molecular formula is C18H20ClN5. The zero-order valence-electron chi connectivity index (χ0n) is 13.4. The van der Waals surface area contributed by atoms with E-state index in [0.717, 1.165) is 46.1 Å². The van der Waals surface area contributed by atoms with Crippen LogP contribution in [0.15, 0.2) is 36.8 Å². The number of nitrogens with one attached hydrogen (secondary N) is 2. The van der Waals surface area contributed by atoms with Gasteiger partial charge in [0.25, 0.3) is 0 Å². The maximum atomic E-state index is 6.15. The number of rotatable bonds is 5. The lowest BCUT2D eigenvalue weighted by atomic mass is 10.1. The van der Waals surface area contributed by atoms with Gasteiger partial charge in [-0.2, -0.15) is 0 Å². The summed E-state index contributed by atoms with van der Waals surface area (Å²) in [5.41, 5.74) is 2.96. The Balaban J connectivity index is 1.61. The van der Waals surface area contributed by atoms with Crippen LogP contribution in [0.2, 0.25) is 5.02 Å². The molecule has 0 saturated carbocycles. The molecule has 24 heavy (non-hydrogen) atoms. The van der Waals surface area contributed by atoms with E-state index in [1.54, 1.807) is 6.33 Å². The van der Waals surface area contributed by atoms with E-state index < -0.39 is 0 Å². The van der Waals surface area contributed by atoms with Crippen molar-refractivity contribution >= 4 is 28.5 Å². The van der Waals surface area contributed by atoms with Gasteiger partial charge in [0.2, 0.25) is 0 Å². The number of hydrogen-bond acceptors (Lipinski definition) is 4. The lowest BCUT2D eigenvalue weighted by Crippen LogP contribution is -2.26. The van der Waals surface area contributed by atoms with Crippen LogP contribution in [0.25, 0.3) is 22.2 Å². The largest absolute Gasteiger partial charge is 0.368 e. The highest BCUT2D eigenvalue weighted by Gasteiger charge is 2.14. The molecule has 0 radical (unpaired) electrons. The van der Waals surface area contributed by atoms with Gasteiger partial charge in [-0.3, -0.25) is 0 Å². The zero-order valence-corrected chi connectivity index (χ0v) is 14.2. The Morgan fingerprint density at radius 3 is 2.92 bits per heavy atom. The van der Waals surface area contributed by atoms with Crippen molar-refractivity contribution in [2.75, 3.05) is 31.5 Å². The molecule has 1 aliphatic rings. The topological polar surface area (TPSA) is 56.8 Å². The highest BCUT2D eigenvalue weighted by Crippen LogP contribution is 2.32. The van der Waals surface area contributed by atoms with Crippen LogP contribution >= 0.6 is 11.6 Å². The smallest absolute Gasteiger partial charge is 0.143 e. The number of hydrogen-bond donors (Lipinski definition) is 2. The summed E-state index contributed by atoms with van der Waals surface area (Å²) in [5.74, 6) is 0.871. The molecule has 5 nitrogen and oxygen atoms in total. The fraction of sp³-hybridized carbons (Fsp3) is 0.333. The van der Waals surface area contributed by atoms with Crippen LogP contribution in [-0.4, -0.2) is 46.0 Å². The number of fused-ring (bicyclic) bond motifs is 1. The van der Waals surface area contributed by atoms with Crippen LogP contribution in [0.4, 0.5) is 5.82 Å². The Morgan fingerprint density at radius 2 is 2.08 bits per heavy atom. The predicted molar refractivity (Wildman–Crippen MR) is 98.5 cm³/mol. The Kier molecular flexibility index (Phi) is 4.36. The lowest BCUT2D eigenvalue weighted by Gasteiger charge is -2.15. The van der Waals surface area contributed by atoms with E-state index in [0.29, 0.717) is 0 Å². The molecule has 0 bridgehead atoms. The van der Waals surface area contributed by atoms with Gasteiger partial charge in [0.1, 0.15) is 17.8 Å². The summed E-state index contributed by atoms with van der Waals surface area (Å²) in [6, 6.07) is 7.85. The van der Waals surface area contributed by atoms with Gasteiger partial charge in [0, 0.05) is 29.9 Å². The van der Waals surface area contributed by atoms with E-state index >= 15 is 0 Å². The van der Waals surface area contributed by atoms with Crippen molar-refractivity contribution in [3.8, 4) is 11.1 Å². The first-order chi connectivity index (χ1) is 11.8. The third-order valence-corrected chi connectivity index (χ3v) is 4.76. The first-order valence-corrected chi connectivity index (χ1v) is 8.73. The second-order valence-electron chi connectivity index (χ2n) is 6.13. The minimum absolute atomic E-state index is 0.724. The Labute approximate surface area is 146 Å². The molecule has 124 valence electrons. The Bertz CT molecular complexity index is 838. The van der Waals surface area contributed by atoms with Gasteiger partial charge in [-0.05, 0) is 43.6 Å². The van der Waals surface area contributed by atoms with E-state index in [1.165, 1.54) is 25.9 Å². The molecule has 4 rings (SSSR count). The van der Waals surface area contributed by atoms with Crippen molar-refractivity contribution < 1.29 is 0 Å². The molecule has 1 aliphatic heterocycles. The van der Waals surface area contributed by atoms with Crippen LogP contribution in [0, 0.1) is 0 Å². The number of aromatic nitrogens is 3. The molecule has 3 aromatic rings. The fourth-order valence-electron chi connectivity index (χ4n) is 3.32. The third kappa shape index (κ3) is 3.09. The molecule has 6 heteroatoms. The molecule has 2 N–H and O–H groups in total. The SMILES string of the molecule is Clc1cccc(-c2c[nH]c3ncnc(NCCN4CCCC4)c23)c1. The van der Waals surface area contributed by atoms with Crippen LogP contribution in [0.3, 0.4) is 0 Å². The third-order valence-electron chi connectivity index (χ3n) is 4.52. The quantitative estimate of drug-likeness (QED) is 0.741. The molecule has 1 aromatic carbocycles. The highest BCUT2D eigenvalue weighted by molar-refractivity contribution is 6.31. The summed E-state index contributed by atoms with van der Waals surface area (Å²) in [6.45, 7) is 4.34. The van der Waals surface area contributed by atoms with E-state index in [2.05, 4.69) is 31.2 Å². The molecule has 1 fully saturated rings. The second kappa shape index (κ2) is 6.79. The van der Waals surface area contributed by atoms with E-state index in [9.17, 15) is 0 Å². The summed E-state index contributed by atoms with van der Waals surface area (Å²) in [5, 5.41) is 5.22. The molecular weight excluding hydrogens is 322 g/mol. The molecule has 0 atom stereocenters. The number of aromatic amines is 1. The Hall–Kier alpha value is -2.11. The summed E-state index contributed by atoms with van der Waals surface area (Å²) in [6.07, 6.45) is 6.19. The van der Waals surface area contributed by atoms with Crippen molar-refractivity contribution in [3.05, 3.63) is 41.8 Å². The van der Waals surface area contributed by atoms with Crippen molar-refractivity contribution in [2.24, 2.45) is 0 Å². The van der Waals surface area contributed by atoms with E-state index in [4.69, 9.17) is 11.6 Å². The van der Waals surface area contributed by atoms with Crippen molar-refractivity contribution in [3.63, 3.8) is 0 Å². The van der Waals surface area contributed by atoms with Gasteiger partial charge in [0.05, 0.1) is 5.39 Å². The molecule has 2 aromatic heterocycles.